The monoisotopic (exact) mass is 777 g/mol. The van der Waals surface area contributed by atoms with Crippen molar-refractivity contribution in [2.24, 2.45) is 0 Å². The Hall–Kier alpha value is -8.10. The molecule has 0 saturated heterocycles. The molecule has 286 valence electrons. The van der Waals surface area contributed by atoms with Crippen molar-refractivity contribution < 1.29 is 0 Å². The highest BCUT2D eigenvalue weighted by molar-refractivity contribution is 6.13. The Morgan fingerprint density at radius 2 is 0.754 bits per heavy atom. The van der Waals surface area contributed by atoms with Gasteiger partial charge in [-0.05, 0) is 117 Å². The van der Waals surface area contributed by atoms with Gasteiger partial charge in [0, 0.05) is 27.2 Å². The van der Waals surface area contributed by atoms with Gasteiger partial charge in [-0.1, -0.05) is 163 Å². The predicted octanol–water partition coefficient (Wildman–Crippen LogP) is 14.9. The zero-order chi connectivity index (χ0) is 40.3. The average molecular weight is 778 g/mol. The first kappa shape index (κ1) is 34.9. The Bertz CT molecular complexity index is 3510. The maximum atomic E-state index is 3.83. The van der Waals surface area contributed by atoms with Gasteiger partial charge < -0.3 is 9.88 Å². The molecule has 1 atom stereocenters. The van der Waals surface area contributed by atoms with Crippen molar-refractivity contribution in [3.05, 3.63) is 236 Å². The van der Waals surface area contributed by atoms with Crippen molar-refractivity contribution in [1.82, 2.24) is 14.5 Å². The van der Waals surface area contributed by atoms with Crippen LogP contribution in [0, 0.1) is 0 Å². The lowest BCUT2D eigenvalue weighted by atomic mass is 9.97. The topological polar surface area (TPSA) is 21.9 Å². The van der Waals surface area contributed by atoms with Crippen LogP contribution in [0.25, 0.3) is 99.6 Å². The summed E-state index contributed by atoms with van der Waals surface area (Å²) in [6.45, 7) is 0. The van der Waals surface area contributed by atoms with E-state index in [4.69, 9.17) is 0 Å². The van der Waals surface area contributed by atoms with Crippen LogP contribution in [0.5, 0.6) is 0 Å². The second-order valence-electron chi connectivity index (χ2n) is 15.9. The Morgan fingerprint density at radius 1 is 0.328 bits per heavy atom. The molecule has 12 rings (SSSR count). The number of fused-ring (bicyclic) bond motifs is 6. The molecule has 3 heterocycles. The van der Waals surface area contributed by atoms with Gasteiger partial charge in [-0.3, -0.25) is 4.57 Å². The third-order valence-corrected chi connectivity index (χ3v) is 12.4. The quantitative estimate of drug-likeness (QED) is 0.160. The minimum Gasteiger partial charge on any atom is -0.354 e. The molecular formula is C58H39N3. The van der Waals surface area contributed by atoms with Crippen molar-refractivity contribution in [3.63, 3.8) is 0 Å². The lowest BCUT2D eigenvalue weighted by molar-refractivity contribution is 0.768. The highest BCUT2D eigenvalue weighted by atomic mass is 15.2. The molecule has 0 aliphatic carbocycles. The van der Waals surface area contributed by atoms with Crippen LogP contribution >= 0.6 is 0 Å². The van der Waals surface area contributed by atoms with Gasteiger partial charge in [-0.2, -0.15) is 0 Å². The molecule has 0 spiro atoms. The van der Waals surface area contributed by atoms with Crippen molar-refractivity contribution in [2.45, 2.75) is 6.04 Å². The molecular weight excluding hydrogens is 739 g/mol. The van der Waals surface area contributed by atoms with Crippen molar-refractivity contribution in [2.75, 3.05) is 0 Å². The van der Waals surface area contributed by atoms with Crippen LogP contribution in [-0.2, 0) is 0 Å². The van der Waals surface area contributed by atoms with Gasteiger partial charge in [0.1, 0.15) is 0 Å². The van der Waals surface area contributed by atoms with Crippen LogP contribution in [0.15, 0.2) is 230 Å². The fourth-order valence-electron chi connectivity index (χ4n) is 9.36. The maximum absolute atomic E-state index is 3.83. The van der Waals surface area contributed by atoms with E-state index in [2.05, 4.69) is 245 Å². The number of aromatic nitrogens is 2. The highest BCUT2D eigenvalue weighted by Crippen LogP contribution is 2.40. The van der Waals surface area contributed by atoms with Crippen LogP contribution in [-0.4, -0.2) is 9.13 Å². The van der Waals surface area contributed by atoms with Gasteiger partial charge in [0.25, 0.3) is 0 Å². The van der Waals surface area contributed by atoms with Crippen LogP contribution in [0.4, 0.5) is 0 Å². The first-order valence-electron chi connectivity index (χ1n) is 21.0. The summed E-state index contributed by atoms with van der Waals surface area (Å²) in [7, 11) is 0. The van der Waals surface area contributed by atoms with Gasteiger partial charge >= 0.3 is 0 Å². The molecule has 1 N–H and O–H groups in total. The smallest absolute Gasteiger partial charge is 0.156 e. The van der Waals surface area contributed by atoms with E-state index in [0.717, 1.165) is 22.5 Å². The molecule has 9 aromatic carbocycles. The second kappa shape index (κ2) is 14.3. The number of para-hydroxylation sites is 2. The van der Waals surface area contributed by atoms with Crippen molar-refractivity contribution in [1.29, 1.82) is 0 Å². The van der Waals surface area contributed by atoms with Crippen LogP contribution in [0.2, 0.25) is 0 Å². The molecule has 0 bridgehead atoms. The van der Waals surface area contributed by atoms with Crippen LogP contribution in [0.1, 0.15) is 11.6 Å². The minimum atomic E-state index is 0.00109. The van der Waals surface area contributed by atoms with Crippen molar-refractivity contribution in [3.8, 4) is 50.2 Å². The highest BCUT2D eigenvalue weighted by Gasteiger charge is 2.21. The zero-order valence-electron chi connectivity index (χ0n) is 33.3. The van der Waals surface area contributed by atoms with E-state index >= 15 is 0 Å². The molecule has 61 heavy (non-hydrogen) atoms. The Balaban J connectivity index is 0.900. The van der Waals surface area contributed by atoms with Gasteiger partial charge in [-0.15, -0.1) is 0 Å². The van der Waals surface area contributed by atoms with E-state index in [1.807, 2.05) is 0 Å². The Kier molecular flexibility index (Phi) is 8.19. The number of hydrogen-bond donors (Lipinski definition) is 1. The fraction of sp³-hybridized carbons (Fsp3) is 0.0172. The number of nitrogens with zero attached hydrogens (tertiary/aromatic N) is 2. The number of hydrogen-bond acceptors (Lipinski definition) is 1. The summed E-state index contributed by atoms with van der Waals surface area (Å²) in [5.41, 5.74) is 20.3. The number of rotatable bonds is 7. The molecule has 11 aromatic rings. The van der Waals surface area contributed by atoms with Gasteiger partial charge in [0.15, 0.2) is 5.82 Å². The summed E-state index contributed by atoms with van der Waals surface area (Å²) < 4.78 is 4.72. The van der Waals surface area contributed by atoms with Crippen LogP contribution in [0.3, 0.4) is 0 Å². The van der Waals surface area contributed by atoms with E-state index in [-0.39, 0.29) is 6.04 Å². The first-order chi connectivity index (χ1) is 30.2. The van der Waals surface area contributed by atoms with Crippen LogP contribution < -0.4 is 5.32 Å². The van der Waals surface area contributed by atoms with E-state index in [1.54, 1.807) is 0 Å². The van der Waals surface area contributed by atoms with E-state index in [9.17, 15) is 0 Å². The van der Waals surface area contributed by atoms with Crippen molar-refractivity contribution >= 4 is 49.4 Å². The normalized spacial score (nSPS) is 13.6. The van der Waals surface area contributed by atoms with Gasteiger partial charge in [0.2, 0.25) is 0 Å². The summed E-state index contributed by atoms with van der Waals surface area (Å²) >= 11 is 0. The number of benzene rings is 9. The molecule has 2 aromatic heterocycles. The van der Waals surface area contributed by atoms with E-state index in [1.165, 1.54) is 82.6 Å². The molecule has 0 radical (unpaired) electrons. The molecule has 3 nitrogen and oxygen atoms in total. The lowest BCUT2D eigenvalue weighted by Crippen LogP contribution is -2.17. The Morgan fingerprint density at radius 3 is 1.39 bits per heavy atom. The zero-order valence-corrected chi connectivity index (χ0v) is 33.3. The summed E-state index contributed by atoms with van der Waals surface area (Å²) in [6.07, 6.45) is 2.16. The molecule has 1 aliphatic heterocycles. The molecule has 3 heteroatoms. The molecule has 1 aliphatic rings. The summed E-state index contributed by atoms with van der Waals surface area (Å²) in [6, 6.07) is 79.1. The van der Waals surface area contributed by atoms with E-state index < -0.39 is 0 Å². The van der Waals surface area contributed by atoms with Gasteiger partial charge in [0.05, 0.1) is 28.1 Å². The average Bonchev–Trinajstić information content (AvgIpc) is 4.05. The molecule has 0 saturated carbocycles. The predicted molar refractivity (Wildman–Crippen MR) is 256 cm³/mol. The third-order valence-electron chi connectivity index (χ3n) is 12.4. The molecule has 0 fully saturated rings. The standard InChI is InChI=1S/C58H39N3/c1-4-13-39(14-5-1)41-23-25-42(26-24-41)43-17-12-18-47(35-43)53-30-34-58(59-53)61-54-22-11-10-21-49(54)50-37-45(29-33-57(50)61)46-28-32-56-52(38-46)51-36-44(40-15-6-2-7-16-40)27-31-55(51)60(56)48-19-8-3-9-20-48/h1-33,35-38,53,59H. The summed E-state index contributed by atoms with van der Waals surface area (Å²) in [4.78, 5) is 0. The number of nitrogens with one attached hydrogen (secondary N) is 1. The lowest BCUT2D eigenvalue weighted by Gasteiger charge is -2.16. The van der Waals surface area contributed by atoms with Gasteiger partial charge in [-0.25, -0.2) is 0 Å². The first-order valence-corrected chi connectivity index (χ1v) is 21.0. The minimum absolute atomic E-state index is 0.00109. The van der Waals surface area contributed by atoms with E-state index in [0.29, 0.717) is 0 Å². The largest absolute Gasteiger partial charge is 0.354 e. The summed E-state index contributed by atoms with van der Waals surface area (Å²) in [5, 5.41) is 8.74. The fourth-order valence-corrected chi connectivity index (χ4v) is 9.36. The third kappa shape index (κ3) is 5.99. The SMILES string of the molecule is C1=CC(c2cccc(-c3ccc(-c4ccccc4)cc3)c2)NC=1n1c2ccccc2c2cc(-c3ccc4c(c3)c3cc(-c5ccccc5)ccc3n4-c3ccccc3)ccc21. The summed E-state index contributed by atoms with van der Waals surface area (Å²) in [5.74, 6) is 0.950. The maximum Gasteiger partial charge on any atom is 0.156 e. The molecule has 0 amide bonds. The second-order valence-corrected chi connectivity index (χ2v) is 15.9. The Labute approximate surface area is 354 Å². The molecule has 1 unspecified atom stereocenters.